The summed E-state index contributed by atoms with van der Waals surface area (Å²) in [5.74, 6) is 0. The van der Waals surface area contributed by atoms with Crippen molar-refractivity contribution < 1.29 is 68.4 Å². The van der Waals surface area contributed by atoms with Gasteiger partial charge >= 0.3 is 38.3 Å². The molecule has 0 saturated carbocycles. The quantitative estimate of drug-likeness (QED) is 0.379. The largest absolute Gasteiger partial charge is 3.00 e. The van der Waals surface area contributed by atoms with Gasteiger partial charge in [-0.3, -0.25) is 0 Å². The second-order valence-electron chi connectivity index (χ2n) is 0.500. The molecule has 0 bridgehead atoms. The summed E-state index contributed by atoms with van der Waals surface area (Å²) in [7, 11) is 0. The number of carbonyl (C=O) groups excluding carboxylic acids is 2. The molecular formula is C2LiO6Ru. The third-order valence-corrected chi connectivity index (χ3v) is 0. The van der Waals surface area contributed by atoms with Crippen molar-refractivity contribution in [1.82, 2.24) is 0 Å². The summed E-state index contributed by atoms with van der Waals surface area (Å²) < 4.78 is 0. The van der Waals surface area contributed by atoms with Crippen LogP contribution in [0.25, 0.3) is 0 Å². The van der Waals surface area contributed by atoms with Gasteiger partial charge < -0.3 is 30.0 Å². The van der Waals surface area contributed by atoms with E-state index < -0.39 is 12.3 Å². The molecule has 0 atom stereocenters. The summed E-state index contributed by atoms with van der Waals surface area (Å²) in [4.78, 5) is 16.7. The summed E-state index contributed by atoms with van der Waals surface area (Å²) in [5, 5.41) is 33.3. The normalized spacial score (nSPS) is 4.80. The molecule has 0 aliphatic rings. The Hall–Kier alpha value is -0.239. The van der Waals surface area contributed by atoms with E-state index in [1.807, 2.05) is 0 Å². The SMILES string of the molecule is O=C([O-])[O-].O=C([O-])[O-].[Li+].[Ru+3]. The van der Waals surface area contributed by atoms with Gasteiger partial charge in [0.25, 0.3) is 0 Å². The first-order chi connectivity index (χ1) is 3.46. The number of hydrogen-bond donors (Lipinski definition) is 0. The zero-order chi connectivity index (χ0) is 7.15. The molecule has 0 aromatic carbocycles. The Morgan fingerprint density at radius 3 is 0.800 bits per heavy atom. The van der Waals surface area contributed by atoms with Crippen molar-refractivity contribution in [3.05, 3.63) is 0 Å². The molecule has 0 fully saturated rings. The Balaban J connectivity index is -0.0000000300. The van der Waals surface area contributed by atoms with Gasteiger partial charge in [0.05, 0.1) is 0 Å². The van der Waals surface area contributed by atoms with Crippen LogP contribution in [0.3, 0.4) is 0 Å². The predicted octanol–water partition coefficient (Wildman–Crippen LogP) is -7.89. The molecule has 0 amide bonds. The minimum absolute atomic E-state index is 0. The van der Waals surface area contributed by atoms with Crippen molar-refractivity contribution in [3.8, 4) is 0 Å². The summed E-state index contributed by atoms with van der Waals surface area (Å²) in [5.41, 5.74) is 0. The maximum Gasteiger partial charge on any atom is 3.00 e. The average Bonchev–Trinajstić information content (AvgIpc) is 1.25. The maximum absolute atomic E-state index is 8.33. The van der Waals surface area contributed by atoms with Gasteiger partial charge in [-0.05, 0) is 12.3 Å². The molecule has 0 spiro atoms. The summed E-state index contributed by atoms with van der Waals surface area (Å²) >= 11 is 0. The summed E-state index contributed by atoms with van der Waals surface area (Å²) in [6.45, 7) is 0. The molecule has 10 heavy (non-hydrogen) atoms. The minimum Gasteiger partial charge on any atom is -0.652 e. The number of carbonyl (C=O) groups is 2. The van der Waals surface area contributed by atoms with Crippen LogP contribution in [0.15, 0.2) is 0 Å². The molecule has 53 valence electrons. The van der Waals surface area contributed by atoms with E-state index in [1.54, 1.807) is 0 Å². The molecule has 0 rings (SSSR count). The van der Waals surface area contributed by atoms with Crippen LogP contribution in [-0.4, -0.2) is 12.3 Å². The van der Waals surface area contributed by atoms with E-state index in [4.69, 9.17) is 30.0 Å². The summed E-state index contributed by atoms with van der Waals surface area (Å²) in [6, 6.07) is 0. The second kappa shape index (κ2) is 15.9. The third-order valence-electron chi connectivity index (χ3n) is 0. The van der Waals surface area contributed by atoms with Crippen LogP contribution >= 0.6 is 0 Å². The molecule has 0 N–H and O–H groups in total. The average molecular weight is 228 g/mol. The van der Waals surface area contributed by atoms with Gasteiger partial charge in [-0.2, -0.15) is 0 Å². The number of rotatable bonds is 0. The van der Waals surface area contributed by atoms with Crippen molar-refractivity contribution in [2.24, 2.45) is 0 Å². The zero-order valence-electron chi connectivity index (χ0n) is 4.80. The summed E-state index contributed by atoms with van der Waals surface area (Å²) in [6.07, 6.45) is -4.67. The molecule has 6 nitrogen and oxygen atoms in total. The smallest absolute Gasteiger partial charge is 0.652 e. The van der Waals surface area contributed by atoms with E-state index in [9.17, 15) is 0 Å². The van der Waals surface area contributed by atoms with Gasteiger partial charge in [0.2, 0.25) is 0 Å². The Morgan fingerprint density at radius 2 is 0.800 bits per heavy atom. The molecule has 1 radical (unpaired) electrons. The fraction of sp³-hybridized carbons (Fsp3) is 0. The molecular weight excluding hydrogens is 228 g/mol. The topological polar surface area (TPSA) is 126 Å². The van der Waals surface area contributed by atoms with Crippen molar-refractivity contribution in [3.63, 3.8) is 0 Å². The van der Waals surface area contributed by atoms with Gasteiger partial charge in [0, 0.05) is 0 Å². The van der Waals surface area contributed by atoms with E-state index in [0.717, 1.165) is 0 Å². The first-order valence-corrected chi connectivity index (χ1v) is 1.22. The van der Waals surface area contributed by atoms with Crippen LogP contribution in [0.1, 0.15) is 0 Å². The number of carboxylic acid groups (broad SMARTS) is 4. The van der Waals surface area contributed by atoms with E-state index >= 15 is 0 Å². The first kappa shape index (κ1) is 22.6. The molecule has 0 aliphatic heterocycles. The molecule has 0 saturated heterocycles. The fourth-order valence-electron chi connectivity index (χ4n) is 0. The van der Waals surface area contributed by atoms with Crippen molar-refractivity contribution >= 4 is 12.3 Å². The van der Waals surface area contributed by atoms with Crippen LogP contribution < -0.4 is 39.3 Å². The Morgan fingerprint density at radius 1 is 0.800 bits per heavy atom. The van der Waals surface area contributed by atoms with Crippen molar-refractivity contribution in [1.29, 1.82) is 0 Å². The van der Waals surface area contributed by atoms with Gasteiger partial charge in [-0.1, -0.05) is 0 Å². The second-order valence-corrected chi connectivity index (χ2v) is 0.500. The van der Waals surface area contributed by atoms with Crippen LogP contribution in [0.5, 0.6) is 0 Å². The molecule has 0 aromatic heterocycles. The first-order valence-electron chi connectivity index (χ1n) is 1.22. The minimum atomic E-state index is -2.33. The Labute approximate surface area is 80.8 Å². The van der Waals surface area contributed by atoms with Gasteiger partial charge in [0.1, 0.15) is 0 Å². The van der Waals surface area contributed by atoms with E-state index in [1.165, 1.54) is 0 Å². The van der Waals surface area contributed by atoms with E-state index in [-0.39, 0.29) is 38.3 Å². The monoisotopic (exact) mass is 229 g/mol. The van der Waals surface area contributed by atoms with Crippen molar-refractivity contribution in [2.45, 2.75) is 0 Å². The molecule has 0 unspecified atom stereocenters. The van der Waals surface area contributed by atoms with Crippen LogP contribution in [0, 0.1) is 0 Å². The third kappa shape index (κ3) is 6200. The van der Waals surface area contributed by atoms with Gasteiger partial charge in [-0.15, -0.1) is 0 Å². The van der Waals surface area contributed by atoms with E-state index in [2.05, 4.69) is 0 Å². The van der Waals surface area contributed by atoms with Crippen molar-refractivity contribution in [2.75, 3.05) is 0 Å². The predicted molar refractivity (Wildman–Crippen MR) is 10.8 cm³/mol. The zero-order valence-corrected chi connectivity index (χ0v) is 6.54. The van der Waals surface area contributed by atoms with Gasteiger partial charge in [0.15, 0.2) is 0 Å². The van der Waals surface area contributed by atoms with Crippen LogP contribution in [0.4, 0.5) is 9.59 Å². The van der Waals surface area contributed by atoms with Crippen LogP contribution in [0.2, 0.25) is 0 Å². The Bertz CT molecular complexity index is 73.7. The Kier molecular flexibility index (Phi) is 35.9. The van der Waals surface area contributed by atoms with E-state index in [0.29, 0.717) is 0 Å². The van der Waals surface area contributed by atoms with Crippen LogP contribution in [-0.2, 0) is 19.5 Å². The maximum atomic E-state index is 8.33. The number of hydrogen-bond acceptors (Lipinski definition) is 6. The standard InChI is InChI=1S/2CH2O3.Li.Ru/c2*2-1(3)4;;/h2*(H2,2,3,4);;/q;;+1;+3/p-4. The fourth-order valence-corrected chi connectivity index (χ4v) is 0. The molecule has 0 heterocycles. The molecule has 0 aliphatic carbocycles. The molecule has 8 heteroatoms. The van der Waals surface area contributed by atoms with Gasteiger partial charge in [-0.25, -0.2) is 0 Å². The molecule has 0 aromatic rings.